The molecule has 4 fully saturated rings. The third-order valence-corrected chi connectivity index (χ3v) is 10.6. The van der Waals surface area contributed by atoms with Crippen molar-refractivity contribution >= 4 is 0 Å². The van der Waals surface area contributed by atoms with Crippen LogP contribution in [0.3, 0.4) is 0 Å². The number of fused-ring (bicyclic) bond motifs is 2. The van der Waals surface area contributed by atoms with Crippen molar-refractivity contribution in [1.82, 2.24) is 5.32 Å². The number of hydrogen-bond acceptors (Lipinski definition) is 5. The zero-order chi connectivity index (χ0) is 22.0. The summed E-state index contributed by atoms with van der Waals surface area (Å²) in [6.45, 7) is 9.48. The van der Waals surface area contributed by atoms with E-state index in [2.05, 4.69) is 38.2 Å². The molecule has 2 heterocycles. The predicted octanol–water partition coefficient (Wildman–Crippen LogP) is 3.59. The number of ether oxygens (including phenoxy) is 3. The van der Waals surface area contributed by atoms with E-state index in [1.54, 1.807) is 7.11 Å². The number of benzene rings is 1. The van der Waals surface area contributed by atoms with Gasteiger partial charge in [-0.3, -0.25) is 0 Å². The minimum absolute atomic E-state index is 0.00105. The Morgan fingerprint density at radius 3 is 2.58 bits per heavy atom. The molecule has 1 saturated heterocycles. The minimum Gasteiger partial charge on any atom is -0.493 e. The summed E-state index contributed by atoms with van der Waals surface area (Å²) >= 11 is 0. The molecule has 1 aromatic carbocycles. The first-order valence-corrected chi connectivity index (χ1v) is 12.0. The fourth-order valence-corrected chi connectivity index (χ4v) is 8.68. The number of hydrogen-bond donors (Lipinski definition) is 2. The highest BCUT2D eigenvalue weighted by Gasteiger charge is 2.81. The van der Waals surface area contributed by atoms with Gasteiger partial charge in [-0.25, -0.2) is 0 Å². The van der Waals surface area contributed by atoms with E-state index in [1.165, 1.54) is 11.1 Å². The standard InChI is InChI=1S/C26H37NO4/c1-22(2,3)23(4,28)17-14-24-9-10-26(17,30-6)21-25(24)11-12-27-18(24)13-15-7-8-16(29-5)20(31-21)19(15)25/h7-8,17-18,21,27-28H,9-14H2,1-6H3/t17-,18-,21-,23?,24?,25+,26?/m1/s1. The lowest BCUT2D eigenvalue weighted by atomic mass is 9.33. The van der Waals surface area contributed by atoms with Crippen molar-refractivity contribution in [3.8, 4) is 11.5 Å². The average Bonchev–Trinajstić information content (AvgIpc) is 3.09. The fraction of sp³-hybridized carbons (Fsp3) is 0.769. The van der Waals surface area contributed by atoms with Gasteiger partial charge in [-0.05, 0) is 62.6 Å². The van der Waals surface area contributed by atoms with Crippen LogP contribution in [-0.4, -0.2) is 49.2 Å². The Bertz CT molecular complexity index is 951. The molecule has 0 amide bonds. The predicted molar refractivity (Wildman–Crippen MR) is 119 cm³/mol. The van der Waals surface area contributed by atoms with E-state index in [0.717, 1.165) is 50.1 Å². The van der Waals surface area contributed by atoms with Crippen molar-refractivity contribution in [3.63, 3.8) is 0 Å². The molecule has 0 radical (unpaired) electrons. The number of rotatable bonds is 3. The highest BCUT2D eigenvalue weighted by atomic mass is 16.6. The SMILES string of the molecule is COc1ccc2c3c1O[C@H]1C4(OC)CCC5(C[C@@H]4C(C)(O)C(C)(C)C)[C@@H](C2)NCC[C@]315. The second-order valence-electron chi connectivity index (χ2n) is 12.0. The van der Waals surface area contributed by atoms with E-state index in [1.807, 2.05) is 14.0 Å². The number of piperidine rings is 1. The van der Waals surface area contributed by atoms with Gasteiger partial charge in [0.25, 0.3) is 0 Å². The van der Waals surface area contributed by atoms with Crippen LogP contribution in [-0.2, 0) is 16.6 Å². The third kappa shape index (κ3) is 1.98. The van der Waals surface area contributed by atoms with E-state index in [0.29, 0.717) is 6.04 Å². The molecule has 3 saturated carbocycles. The Kier molecular flexibility index (Phi) is 3.79. The van der Waals surface area contributed by atoms with E-state index in [-0.39, 0.29) is 28.3 Å². The van der Waals surface area contributed by atoms with Crippen LogP contribution in [0.2, 0.25) is 0 Å². The van der Waals surface area contributed by atoms with Crippen LogP contribution < -0.4 is 14.8 Å². The Hall–Kier alpha value is -1.30. The number of methoxy groups -OCH3 is 2. The maximum atomic E-state index is 12.0. The van der Waals surface area contributed by atoms with Gasteiger partial charge >= 0.3 is 0 Å². The molecule has 31 heavy (non-hydrogen) atoms. The first kappa shape index (κ1) is 20.3. The Morgan fingerprint density at radius 2 is 1.90 bits per heavy atom. The van der Waals surface area contributed by atoms with Gasteiger partial charge in [0.15, 0.2) is 11.5 Å². The largest absolute Gasteiger partial charge is 0.493 e. The number of nitrogens with one attached hydrogen (secondary N) is 1. The van der Waals surface area contributed by atoms with Gasteiger partial charge in [0.05, 0.1) is 12.7 Å². The molecular weight excluding hydrogens is 390 g/mol. The van der Waals surface area contributed by atoms with Crippen LogP contribution in [0.1, 0.15) is 64.5 Å². The first-order valence-electron chi connectivity index (χ1n) is 12.0. The van der Waals surface area contributed by atoms with E-state index >= 15 is 0 Å². The maximum absolute atomic E-state index is 12.0. The van der Waals surface area contributed by atoms with Gasteiger partial charge in [0.2, 0.25) is 0 Å². The monoisotopic (exact) mass is 427 g/mol. The molecule has 4 aliphatic carbocycles. The lowest BCUT2D eigenvalue weighted by Gasteiger charge is -2.74. The molecule has 3 unspecified atom stereocenters. The molecule has 4 bridgehead atoms. The van der Waals surface area contributed by atoms with Crippen molar-refractivity contribution in [3.05, 3.63) is 23.3 Å². The average molecular weight is 428 g/mol. The molecule has 2 aliphatic heterocycles. The fourth-order valence-electron chi connectivity index (χ4n) is 8.68. The zero-order valence-corrected chi connectivity index (χ0v) is 19.8. The van der Waals surface area contributed by atoms with Crippen LogP contribution in [0, 0.1) is 16.7 Å². The van der Waals surface area contributed by atoms with Crippen molar-refractivity contribution in [2.75, 3.05) is 20.8 Å². The van der Waals surface area contributed by atoms with Crippen molar-refractivity contribution < 1.29 is 19.3 Å². The van der Waals surface area contributed by atoms with E-state index in [4.69, 9.17) is 14.2 Å². The Morgan fingerprint density at radius 1 is 1.13 bits per heavy atom. The molecule has 5 nitrogen and oxygen atoms in total. The lowest BCUT2D eigenvalue weighted by Crippen LogP contribution is -2.83. The summed E-state index contributed by atoms with van der Waals surface area (Å²) in [4.78, 5) is 0. The molecule has 6 aliphatic rings. The smallest absolute Gasteiger partial charge is 0.165 e. The van der Waals surface area contributed by atoms with Crippen molar-refractivity contribution in [2.45, 2.75) is 88.6 Å². The van der Waals surface area contributed by atoms with Gasteiger partial charge in [0.1, 0.15) is 11.7 Å². The molecule has 2 spiro atoms. The van der Waals surface area contributed by atoms with Gasteiger partial charge in [-0.2, -0.15) is 0 Å². The second kappa shape index (κ2) is 5.78. The quantitative estimate of drug-likeness (QED) is 0.772. The van der Waals surface area contributed by atoms with Gasteiger partial charge < -0.3 is 24.6 Å². The zero-order valence-electron chi connectivity index (χ0n) is 19.8. The first-order chi connectivity index (χ1) is 14.6. The maximum Gasteiger partial charge on any atom is 0.165 e. The van der Waals surface area contributed by atoms with E-state index < -0.39 is 11.2 Å². The van der Waals surface area contributed by atoms with Gasteiger partial charge in [-0.1, -0.05) is 26.8 Å². The normalized spacial score (nSPS) is 43.8. The molecule has 1 aromatic rings. The third-order valence-electron chi connectivity index (χ3n) is 10.6. The van der Waals surface area contributed by atoms with Crippen molar-refractivity contribution in [2.24, 2.45) is 16.7 Å². The molecule has 0 aromatic heterocycles. The highest BCUT2D eigenvalue weighted by Crippen LogP contribution is 2.77. The summed E-state index contributed by atoms with van der Waals surface area (Å²) in [5, 5.41) is 15.9. The molecular formula is C26H37NO4. The lowest BCUT2D eigenvalue weighted by molar-refractivity contribution is -0.303. The molecule has 7 rings (SSSR count). The van der Waals surface area contributed by atoms with E-state index in [9.17, 15) is 5.11 Å². The van der Waals surface area contributed by atoms with Crippen LogP contribution in [0.15, 0.2) is 12.1 Å². The van der Waals surface area contributed by atoms with Crippen LogP contribution in [0.4, 0.5) is 0 Å². The minimum atomic E-state index is -0.880. The van der Waals surface area contributed by atoms with Gasteiger partial charge in [0, 0.05) is 35.5 Å². The highest BCUT2D eigenvalue weighted by molar-refractivity contribution is 5.63. The molecule has 2 N–H and O–H groups in total. The summed E-state index contributed by atoms with van der Waals surface area (Å²) in [5.41, 5.74) is 1.13. The summed E-state index contributed by atoms with van der Waals surface area (Å²) in [5.74, 6) is 1.77. The van der Waals surface area contributed by atoms with Crippen LogP contribution in [0.5, 0.6) is 11.5 Å². The summed E-state index contributed by atoms with van der Waals surface area (Å²) in [6.07, 6.45) is 4.99. The van der Waals surface area contributed by atoms with Crippen molar-refractivity contribution in [1.29, 1.82) is 0 Å². The topological polar surface area (TPSA) is 60.0 Å². The summed E-state index contributed by atoms with van der Waals surface area (Å²) in [7, 11) is 3.57. The van der Waals surface area contributed by atoms with Gasteiger partial charge in [-0.15, -0.1) is 0 Å². The second-order valence-corrected chi connectivity index (χ2v) is 12.0. The Labute approximate surface area is 185 Å². The summed E-state index contributed by atoms with van der Waals surface area (Å²) in [6, 6.07) is 4.73. The summed E-state index contributed by atoms with van der Waals surface area (Å²) < 4.78 is 19.3. The molecule has 5 heteroatoms. The number of aliphatic hydroxyl groups is 1. The molecule has 170 valence electrons. The van der Waals surface area contributed by atoms with Crippen LogP contribution >= 0.6 is 0 Å². The van der Waals surface area contributed by atoms with Crippen LogP contribution in [0.25, 0.3) is 0 Å². The molecule has 7 atom stereocenters. The Balaban J connectivity index is 1.64.